The lowest BCUT2D eigenvalue weighted by molar-refractivity contribution is 0.114. The van der Waals surface area contributed by atoms with Crippen LogP contribution < -0.4 is 5.32 Å². The highest BCUT2D eigenvalue weighted by Gasteiger charge is 2.24. The van der Waals surface area contributed by atoms with Crippen LogP contribution in [0.25, 0.3) is 0 Å². The van der Waals surface area contributed by atoms with Gasteiger partial charge in [0, 0.05) is 24.6 Å². The summed E-state index contributed by atoms with van der Waals surface area (Å²) < 4.78 is 6.13. The van der Waals surface area contributed by atoms with Crippen molar-refractivity contribution in [2.45, 2.75) is 31.9 Å². The highest BCUT2D eigenvalue weighted by Crippen LogP contribution is 2.39. The number of hydrogen-bond donors (Lipinski definition) is 1. The van der Waals surface area contributed by atoms with Crippen molar-refractivity contribution >= 4 is 22.9 Å². The Morgan fingerprint density at radius 1 is 1.73 bits per heavy atom. The number of ether oxygens (including phenoxy) is 1. The van der Waals surface area contributed by atoms with Crippen molar-refractivity contribution in [1.82, 2.24) is 5.32 Å². The minimum Gasteiger partial charge on any atom is -0.380 e. The third kappa shape index (κ3) is 2.53. The van der Waals surface area contributed by atoms with E-state index in [9.17, 15) is 0 Å². The Hall–Kier alpha value is -0.0900. The molecular formula is C11H16ClNOS. The van der Waals surface area contributed by atoms with Crippen LogP contribution in [-0.4, -0.2) is 19.8 Å². The Morgan fingerprint density at radius 3 is 3.27 bits per heavy atom. The van der Waals surface area contributed by atoms with Gasteiger partial charge in [-0.05, 0) is 31.4 Å². The molecule has 0 aromatic carbocycles. The van der Waals surface area contributed by atoms with Gasteiger partial charge in [0.05, 0.1) is 10.4 Å². The van der Waals surface area contributed by atoms with Crippen molar-refractivity contribution in [1.29, 1.82) is 0 Å². The zero-order valence-electron chi connectivity index (χ0n) is 9.05. The zero-order chi connectivity index (χ0) is 10.8. The Kier molecular flexibility index (Phi) is 3.67. The van der Waals surface area contributed by atoms with Gasteiger partial charge < -0.3 is 10.1 Å². The van der Waals surface area contributed by atoms with Crippen molar-refractivity contribution in [3.63, 3.8) is 0 Å². The monoisotopic (exact) mass is 245 g/mol. The fraction of sp³-hybridized carbons (Fsp3) is 0.636. The van der Waals surface area contributed by atoms with Gasteiger partial charge in [0.25, 0.3) is 0 Å². The Morgan fingerprint density at radius 2 is 2.53 bits per heavy atom. The van der Waals surface area contributed by atoms with E-state index in [2.05, 4.69) is 18.3 Å². The molecule has 1 heterocycles. The van der Waals surface area contributed by atoms with E-state index in [1.807, 2.05) is 0 Å². The van der Waals surface area contributed by atoms with Crippen LogP contribution in [0.2, 0.25) is 4.34 Å². The molecule has 2 unspecified atom stereocenters. The van der Waals surface area contributed by atoms with Gasteiger partial charge in [-0.15, -0.1) is 11.3 Å². The lowest BCUT2D eigenvalue weighted by Gasteiger charge is -2.16. The van der Waals surface area contributed by atoms with Gasteiger partial charge in [-0.25, -0.2) is 0 Å². The largest absolute Gasteiger partial charge is 0.380 e. The predicted octanol–water partition coefficient (Wildman–Crippen LogP) is 3.01. The van der Waals surface area contributed by atoms with E-state index in [1.165, 1.54) is 16.9 Å². The highest BCUT2D eigenvalue weighted by atomic mass is 35.5. The minimum atomic E-state index is 0.267. The first kappa shape index (κ1) is 11.4. The summed E-state index contributed by atoms with van der Waals surface area (Å²) in [6, 6.07) is 2.57. The average molecular weight is 246 g/mol. The average Bonchev–Trinajstić information content (AvgIpc) is 2.73. The van der Waals surface area contributed by atoms with E-state index in [0.717, 1.165) is 17.3 Å². The van der Waals surface area contributed by atoms with E-state index in [0.29, 0.717) is 6.04 Å². The van der Waals surface area contributed by atoms with E-state index in [4.69, 9.17) is 16.3 Å². The third-order valence-electron chi connectivity index (χ3n) is 2.90. The third-order valence-corrected chi connectivity index (χ3v) is 4.24. The summed E-state index contributed by atoms with van der Waals surface area (Å²) in [5, 5.41) is 3.52. The summed E-state index contributed by atoms with van der Waals surface area (Å²) in [5.41, 5.74) is 1.40. The van der Waals surface area contributed by atoms with Crippen LogP contribution >= 0.6 is 22.9 Å². The molecule has 2 nitrogen and oxygen atoms in total. The molecule has 1 N–H and O–H groups in total. The molecule has 0 fully saturated rings. The predicted molar refractivity (Wildman–Crippen MR) is 64.9 cm³/mol. The molecule has 1 aliphatic carbocycles. The quantitative estimate of drug-likeness (QED) is 0.881. The molecule has 0 amide bonds. The fourth-order valence-electron chi connectivity index (χ4n) is 1.93. The summed E-state index contributed by atoms with van der Waals surface area (Å²) in [6.07, 6.45) is 2.61. The van der Waals surface area contributed by atoms with Gasteiger partial charge >= 0.3 is 0 Å². The summed E-state index contributed by atoms with van der Waals surface area (Å²) in [6.45, 7) is 2.97. The van der Waals surface area contributed by atoms with Gasteiger partial charge in [-0.2, -0.15) is 0 Å². The van der Waals surface area contributed by atoms with Crippen LogP contribution in [0.15, 0.2) is 6.07 Å². The summed E-state index contributed by atoms with van der Waals surface area (Å²) in [5.74, 6) is 0. The minimum absolute atomic E-state index is 0.267. The SMILES string of the molecule is COC(C)CNC1CCc2sc(Cl)cc21. The van der Waals surface area contributed by atoms with Crippen molar-refractivity contribution in [2.24, 2.45) is 0 Å². The van der Waals surface area contributed by atoms with E-state index in [1.54, 1.807) is 18.4 Å². The first-order valence-corrected chi connectivity index (χ1v) is 6.44. The second-order valence-electron chi connectivity index (χ2n) is 3.97. The molecule has 0 spiro atoms. The number of methoxy groups -OCH3 is 1. The lowest BCUT2D eigenvalue weighted by Crippen LogP contribution is -2.28. The number of nitrogens with one attached hydrogen (secondary N) is 1. The topological polar surface area (TPSA) is 21.3 Å². The van der Waals surface area contributed by atoms with E-state index < -0.39 is 0 Å². The first-order chi connectivity index (χ1) is 7.20. The number of halogens is 1. The number of fused-ring (bicyclic) bond motifs is 1. The summed E-state index contributed by atoms with van der Waals surface area (Å²) in [4.78, 5) is 1.45. The van der Waals surface area contributed by atoms with Gasteiger partial charge in [-0.1, -0.05) is 11.6 Å². The maximum Gasteiger partial charge on any atom is 0.0934 e. The molecule has 1 aromatic rings. The normalized spacial score (nSPS) is 21.7. The Balaban J connectivity index is 1.95. The number of rotatable bonds is 4. The molecule has 2 atom stereocenters. The molecule has 0 radical (unpaired) electrons. The molecule has 0 saturated carbocycles. The smallest absolute Gasteiger partial charge is 0.0934 e. The maximum absolute atomic E-state index is 6.00. The molecule has 0 aliphatic heterocycles. The molecule has 0 saturated heterocycles. The molecule has 84 valence electrons. The maximum atomic E-state index is 6.00. The standard InChI is InChI=1S/C11H16ClNOS/c1-7(14-2)6-13-9-3-4-10-8(9)5-11(12)15-10/h5,7,9,13H,3-4,6H2,1-2H3. The molecule has 15 heavy (non-hydrogen) atoms. The van der Waals surface area contributed by atoms with E-state index in [-0.39, 0.29) is 6.10 Å². The number of hydrogen-bond acceptors (Lipinski definition) is 3. The van der Waals surface area contributed by atoms with Crippen LogP contribution in [0.4, 0.5) is 0 Å². The zero-order valence-corrected chi connectivity index (χ0v) is 10.6. The highest BCUT2D eigenvalue weighted by molar-refractivity contribution is 7.16. The molecule has 0 bridgehead atoms. The van der Waals surface area contributed by atoms with Crippen LogP contribution in [0.1, 0.15) is 29.8 Å². The summed E-state index contributed by atoms with van der Waals surface area (Å²) in [7, 11) is 1.74. The van der Waals surface area contributed by atoms with Crippen molar-refractivity contribution in [2.75, 3.05) is 13.7 Å². The molecule has 1 aliphatic rings. The van der Waals surface area contributed by atoms with Crippen LogP contribution in [-0.2, 0) is 11.2 Å². The second-order valence-corrected chi connectivity index (χ2v) is 5.74. The van der Waals surface area contributed by atoms with Gasteiger partial charge in [0.15, 0.2) is 0 Å². The van der Waals surface area contributed by atoms with Crippen molar-refractivity contribution in [3.05, 3.63) is 20.8 Å². The van der Waals surface area contributed by atoms with E-state index >= 15 is 0 Å². The number of thiophene rings is 1. The van der Waals surface area contributed by atoms with Gasteiger partial charge in [-0.3, -0.25) is 0 Å². The van der Waals surface area contributed by atoms with Crippen LogP contribution in [0, 0.1) is 0 Å². The van der Waals surface area contributed by atoms with Gasteiger partial charge in [0.2, 0.25) is 0 Å². The van der Waals surface area contributed by atoms with Crippen LogP contribution in [0.3, 0.4) is 0 Å². The van der Waals surface area contributed by atoms with Gasteiger partial charge in [0.1, 0.15) is 0 Å². The fourth-order valence-corrected chi connectivity index (χ4v) is 3.29. The lowest BCUT2D eigenvalue weighted by atomic mass is 10.2. The van der Waals surface area contributed by atoms with Crippen molar-refractivity contribution < 1.29 is 4.74 Å². The number of aryl methyl sites for hydroxylation is 1. The van der Waals surface area contributed by atoms with Crippen LogP contribution in [0.5, 0.6) is 0 Å². The second kappa shape index (κ2) is 4.83. The molecule has 4 heteroatoms. The molecular weight excluding hydrogens is 230 g/mol. The Bertz CT molecular complexity index is 339. The first-order valence-electron chi connectivity index (χ1n) is 5.25. The Labute approximate surface area is 99.6 Å². The van der Waals surface area contributed by atoms with Crippen molar-refractivity contribution in [3.8, 4) is 0 Å². The molecule has 1 aromatic heterocycles. The summed E-state index contributed by atoms with van der Waals surface area (Å²) >= 11 is 7.71. The molecule has 2 rings (SSSR count).